The Labute approximate surface area is 135 Å². The standard InChI is InChI=1S/C14H27N3O6/c1-9(22-14(2,3)4)15-7-10(18)16-8-13(21)23-17-11(19)5-6-12(17)20/h10-11,13,15-16,18-19,21H,1,5-8H2,2-4H3/t10-,11-,13?/m1/s1. The lowest BCUT2D eigenvalue weighted by Crippen LogP contribution is -2.45. The van der Waals surface area contributed by atoms with Crippen molar-refractivity contribution in [3.8, 4) is 0 Å². The molecule has 0 saturated carbocycles. The molecule has 1 rings (SSSR count). The minimum Gasteiger partial charge on any atom is -0.474 e. The van der Waals surface area contributed by atoms with Crippen LogP contribution in [0.2, 0.25) is 0 Å². The molecular weight excluding hydrogens is 306 g/mol. The van der Waals surface area contributed by atoms with E-state index in [1.165, 1.54) is 0 Å². The summed E-state index contributed by atoms with van der Waals surface area (Å²) in [4.78, 5) is 16.3. The van der Waals surface area contributed by atoms with Crippen molar-refractivity contribution in [3.05, 3.63) is 12.5 Å². The number of amides is 1. The van der Waals surface area contributed by atoms with Gasteiger partial charge in [-0.2, -0.15) is 5.06 Å². The fraction of sp³-hybridized carbons (Fsp3) is 0.786. The predicted octanol–water partition coefficient (Wildman–Crippen LogP) is -1.04. The van der Waals surface area contributed by atoms with Gasteiger partial charge in [-0.15, -0.1) is 0 Å². The minimum atomic E-state index is -1.38. The van der Waals surface area contributed by atoms with Crippen LogP contribution in [0.3, 0.4) is 0 Å². The molecule has 0 spiro atoms. The molecule has 0 radical (unpaired) electrons. The molecule has 1 amide bonds. The number of nitrogens with zero attached hydrogens (tertiary/aromatic N) is 1. The minimum absolute atomic E-state index is 0.104. The lowest BCUT2D eigenvalue weighted by molar-refractivity contribution is -0.285. The van der Waals surface area contributed by atoms with Crippen LogP contribution >= 0.6 is 0 Å². The molecule has 1 fully saturated rings. The number of rotatable bonds is 9. The summed E-state index contributed by atoms with van der Waals surface area (Å²) in [6.07, 6.45) is -2.99. The molecule has 5 N–H and O–H groups in total. The van der Waals surface area contributed by atoms with E-state index in [2.05, 4.69) is 17.2 Å². The first-order valence-electron chi connectivity index (χ1n) is 7.46. The van der Waals surface area contributed by atoms with E-state index in [1.807, 2.05) is 20.8 Å². The number of hydrogen-bond acceptors (Lipinski definition) is 8. The van der Waals surface area contributed by atoms with Crippen LogP contribution in [0.25, 0.3) is 0 Å². The Balaban J connectivity index is 2.21. The molecule has 23 heavy (non-hydrogen) atoms. The molecule has 3 atom stereocenters. The molecule has 0 aromatic heterocycles. The van der Waals surface area contributed by atoms with Crippen molar-refractivity contribution in [1.82, 2.24) is 15.7 Å². The molecule has 0 aliphatic carbocycles. The smallest absolute Gasteiger partial charge is 0.248 e. The Morgan fingerprint density at radius 2 is 2.09 bits per heavy atom. The van der Waals surface area contributed by atoms with Crippen LogP contribution in [0.1, 0.15) is 33.6 Å². The highest BCUT2D eigenvalue weighted by Crippen LogP contribution is 2.17. The van der Waals surface area contributed by atoms with Crippen LogP contribution in [0.5, 0.6) is 0 Å². The SMILES string of the molecule is C=C(NC[C@@H](O)NCC(O)ON1C(=O)CC[C@H]1O)OC(C)(C)C. The van der Waals surface area contributed by atoms with Gasteiger partial charge in [-0.05, 0) is 27.4 Å². The number of aliphatic hydroxyl groups is 3. The van der Waals surface area contributed by atoms with Crippen molar-refractivity contribution in [2.75, 3.05) is 13.1 Å². The zero-order valence-corrected chi connectivity index (χ0v) is 13.8. The molecule has 1 unspecified atom stereocenters. The van der Waals surface area contributed by atoms with Gasteiger partial charge in [-0.25, -0.2) is 4.84 Å². The first-order valence-corrected chi connectivity index (χ1v) is 7.46. The lowest BCUT2D eigenvalue weighted by atomic mass is 10.2. The number of ether oxygens (including phenoxy) is 1. The topological polar surface area (TPSA) is 124 Å². The second kappa shape index (κ2) is 8.46. The maximum Gasteiger partial charge on any atom is 0.248 e. The van der Waals surface area contributed by atoms with E-state index < -0.39 is 30.3 Å². The normalized spacial score (nSPS) is 21.2. The maximum absolute atomic E-state index is 11.4. The summed E-state index contributed by atoms with van der Waals surface area (Å²) in [6, 6.07) is 0. The number of carbonyl (C=O) groups excluding carboxylic acids is 1. The highest BCUT2D eigenvalue weighted by atomic mass is 16.8. The Bertz CT molecular complexity index is 412. The van der Waals surface area contributed by atoms with Crippen LogP contribution in [-0.2, 0) is 14.4 Å². The summed E-state index contributed by atoms with van der Waals surface area (Å²) >= 11 is 0. The molecule has 134 valence electrons. The molecule has 1 heterocycles. The molecule has 0 bridgehead atoms. The monoisotopic (exact) mass is 333 g/mol. The lowest BCUT2D eigenvalue weighted by Gasteiger charge is -2.25. The van der Waals surface area contributed by atoms with Crippen molar-refractivity contribution < 1.29 is 29.7 Å². The molecule has 9 heteroatoms. The number of aliphatic hydroxyl groups excluding tert-OH is 3. The number of carbonyl (C=O) groups is 1. The fourth-order valence-electron chi connectivity index (χ4n) is 1.87. The van der Waals surface area contributed by atoms with Gasteiger partial charge in [0, 0.05) is 12.8 Å². The maximum atomic E-state index is 11.4. The highest BCUT2D eigenvalue weighted by Gasteiger charge is 2.32. The van der Waals surface area contributed by atoms with E-state index in [1.54, 1.807) is 0 Å². The van der Waals surface area contributed by atoms with E-state index >= 15 is 0 Å². The predicted molar refractivity (Wildman–Crippen MR) is 81.2 cm³/mol. The largest absolute Gasteiger partial charge is 0.474 e. The van der Waals surface area contributed by atoms with E-state index in [9.17, 15) is 20.1 Å². The highest BCUT2D eigenvalue weighted by molar-refractivity contribution is 5.77. The fourth-order valence-corrected chi connectivity index (χ4v) is 1.87. The van der Waals surface area contributed by atoms with Crippen molar-refractivity contribution in [3.63, 3.8) is 0 Å². The Morgan fingerprint density at radius 1 is 1.43 bits per heavy atom. The second-order valence-electron chi connectivity index (χ2n) is 6.24. The van der Waals surface area contributed by atoms with Crippen molar-refractivity contribution >= 4 is 5.91 Å². The summed E-state index contributed by atoms with van der Waals surface area (Å²) in [5, 5.41) is 35.0. The molecule has 0 aromatic rings. The molecule has 1 saturated heterocycles. The number of nitrogens with one attached hydrogen (secondary N) is 2. The first-order chi connectivity index (χ1) is 10.6. The first kappa shape index (κ1) is 19.7. The van der Waals surface area contributed by atoms with Gasteiger partial charge in [0.15, 0.2) is 18.4 Å². The second-order valence-corrected chi connectivity index (χ2v) is 6.24. The summed E-state index contributed by atoms with van der Waals surface area (Å²) in [7, 11) is 0. The average molecular weight is 333 g/mol. The summed E-state index contributed by atoms with van der Waals surface area (Å²) in [6.45, 7) is 9.26. The quantitative estimate of drug-likeness (QED) is 0.268. The van der Waals surface area contributed by atoms with Gasteiger partial charge in [-0.1, -0.05) is 0 Å². The summed E-state index contributed by atoms with van der Waals surface area (Å²) in [5.74, 6) is -0.0738. The Hall–Kier alpha value is -1.39. The van der Waals surface area contributed by atoms with Gasteiger partial charge in [0.05, 0.1) is 13.1 Å². The van der Waals surface area contributed by atoms with Gasteiger partial charge >= 0.3 is 0 Å². The van der Waals surface area contributed by atoms with Gasteiger partial charge < -0.3 is 25.4 Å². The number of hydroxylamine groups is 2. The van der Waals surface area contributed by atoms with Crippen LogP contribution in [0, 0.1) is 0 Å². The third-order valence-corrected chi connectivity index (χ3v) is 2.82. The zero-order chi connectivity index (χ0) is 17.6. The summed E-state index contributed by atoms with van der Waals surface area (Å²) in [5.41, 5.74) is -0.393. The molecular formula is C14H27N3O6. The van der Waals surface area contributed by atoms with Crippen LogP contribution in [-0.4, -0.2) is 63.7 Å². The Morgan fingerprint density at radius 3 is 2.61 bits per heavy atom. The average Bonchev–Trinajstić information content (AvgIpc) is 2.73. The molecule has 1 aliphatic heterocycles. The van der Waals surface area contributed by atoms with Gasteiger partial charge in [0.1, 0.15) is 11.8 Å². The van der Waals surface area contributed by atoms with E-state index in [0.717, 1.165) is 5.06 Å². The molecule has 1 aliphatic rings. The molecule has 0 aromatic carbocycles. The number of hydrogen-bond donors (Lipinski definition) is 5. The summed E-state index contributed by atoms with van der Waals surface area (Å²) < 4.78 is 5.44. The van der Waals surface area contributed by atoms with Crippen molar-refractivity contribution in [1.29, 1.82) is 0 Å². The van der Waals surface area contributed by atoms with E-state index in [-0.39, 0.29) is 25.9 Å². The van der Waals surface area contributed by atoms with Crippen LogP contribution in [0.15, 0.2) is 12.5 Å². The zero-order valence-electron chi connectivity index (χ0n) is 13.8. The molecule has 9 nitrogen and oxygen atoms in total. The van der Waals surface area contributed by atoms with Gasteiger partial charge in [0.2, 0.25) is 5.91 Å². The van der Waals surface area contributed by atoms with Crippen molar-refractivity contribution in [2.45, 2.75) is 58.0 Å². The third-order valence-electron chi connectivity index (χ3n) is 2.82. The van der Waals surface area contributed by atoms with Gasteiger partial charge in [-0.3, -0.25) is 10.1 Å². The Kier molecular flexibility index (Phi) is 7.23. The van der Waals surface area contributed by atoms with E-state index in [4.69, 9.17) is 9.57 Å². The van der Waals surface area contributed by atoms with Crippen molar-refractivity contribution in [2.24, 2.45) is 0 Å². The van der Waals surface area contributed by atoms with Gasteiger partial charge in [0.25, 0.3) is 0 Å². The van der Waals surface area contributed by atoms with Crippen LogP contribution < -0.4 is 10.6 Å². The third kappa shape index (κ3) is 7.62. The van der Waals surface area contributed by atoms with Crippen LogP contribution in [0.4, 0.5) is 0 Å². The van der Waals surface area contributed by atoms with E-state index in [0.29, 0.717) is 5.88 Å².